The van der Waals surface area contributed by atoms with Crippen LogP contribution >= 0.6 is 22.9 Å². The summed E-state index contributed by atoms with van der Waals surface area (Å²) in [5.74, 6) is -0.203. The van der Waals surface area contributed by atoms with Crippen LogP contribution in [-0.2, 0) is 0 Å². The molecule has 5 nitrogen and oxygen atoms in total. The van der Waals surface area contributed by atoms with Gasteiger partial charge in [-0.15, -0.1) is 5.10 Å². The zero-order chi connectivity index (χ0) is 14.3. The first-order chi connectivity index (χ1) is 9.54. The van der Waals surface area contributed by atoms with Gasteiger partial charge in [0, 0.05) is 0 Å². The third kappa shape index (κ3) is 2.30. The Morgan fingerprint density at radius 1 is 1.25 bits per heavy atom. The fourth-order valence-corrected chi connectivity index (χ4v) is 3.49. The second-order valence-electron chi connectivity index (χ2n) is 4.59. The average Bonchev–Trinajstić information content (AvgIpc) is 2.95. The van der Waals surface area contributed by atoms with E-state index in [2.05, 4.69) is 32.9 Å². The van der Waals surface area contributed by atoms with Crippen LogP contribution in [0.5, 0.6) is 0 Å². The molecule has 0 bridgehead atoms. The first-order valence-corrected chi connectivity index (χ1v) is 7.61. The molecule has 1 amide bonds. The highest BCUT2D eigenvalue weighted by atomic mass is 32.1. The highest BCUT2D eigenvalue weighted by molar-refractivity contribution is 7.22. The second kappa shape index (κ2) is 4.92. The number of rotatable bonds is 2. The van der Waals surface area contributed by atoms with E-state index in [4.69, 9.17) is 0 Å². The summed E-state index contributed by atoms with van der Waals surface area (Å²) in [6, 6.07) is 4.14. The van der Waals surface area contributed by atoms with Crippen LogP contribution in [0.15, 0.2) is 12.1 Å². The SMILES string of the molecule is Cc1cc(C)c2sc(NC(=O)c3snnc3C)nc2c1. The maximum Gasteiger partial charge on any atom is 0.271 e. The number of aromatic nitrogens is 3. The van der Waals surface area contributed by atoms with E-state index in [0.29, 0.717) is 15.7 Å². The van der Waals surface area contributed by atoms with Crippen LogP contribution < -0.4 is 5.32 Å². The van der Waals surface area contributed by atoms with Crippen LogP contribution in [0.2, 0.25) is 0 Å². The molecule has 2 heterocycles. The molecule has 7 heteroatoms. The summed E-state index contributed by atoms with van der Waals surface area (Å²) in [5.41, 5.74) is 3.90. The number of hydrogen-bond acceptors (Lipinski definition) is 6. The van der Waals surface area contributed by atoms with Crippen molar-refractivity contribution in [2.75, 3.05) is 5.32 Å². The first-order valence-electron chi connectivity index (χ1n) is 6.02. The number of thiazole rings is 1. The van der Waals surface area contributed by atoms with Crippen molar-refractivity contribution in [3.63, 3.8) is 0 Å². The molecule has 1 N–H and O–H groups in total. The van der Waals surface area contributed by atoms with Crippen LogP contribution in [0.4, 0.5) is 5.13 Å². The van der Waals surface area contributed by atoms with Gasteiger partial charge in [-0.2, -0.15) is 0 Å². The molecular weight excluding hydrogens is 292 g/mol. The molecule has 0 saturated heterocycles. The molecule has 2 aromatic heterocycles. The molecule has 3 aromatic rings. The Balaban J connectivity index is 1.94. The van der Waals surface area contributed by atoms with Gasteiger partial charge in [0.2, 0.25) is 0 Å². The van der Waals surface area contributed by atoms with Crippen molar-refractivity contribution >= 4 is 44.1 Å². The predicted octanol–water partition coefficient (Wildman–Crippen LogP) is 3.33. The van der Waals surface area contributed by atoms with Gasteiger partial charge in [-0.05, 0) is 49.5 Å². The van der Waals surface area contributed by atoms with Crippen LogP contribution in [0.1, 0.15) is 26.5 Å². The largest absolute Gasteiger partial charge is 0.297 e. The van der Waals surface area contributed by atoms with E-state index in [9.17, 15) is 4.79 Å². The molecule has 0 spiro atoms. The zero-order valence-corrected chi connectivity index (χ0v) is 12.9. The molecule has 0 aliphatic rings. The Morgan fingerprint density at radius 2 is 2.05 bits per heavy atom. The zero-order valence-electron chi connectivity index (χ0n) is 11.2. The molecule has 1 aromatic carbocycles. The lowest BCUT2D eigenvalue weighted by molar-refractivity contribution is 0.103. The number of benzene rings is 1. The van der Waals surface area contributed by atoms with Gasteiger partial charge in [-0.25, -0.2) is 4.98 Å². The third-order valence-corrected chi connectivity index (χ3v) is 4.85. The van der Waals surface area contributed by atoms with Gasteiger partial charge in [0.25, 0.3) is 5.91 Å². The Hall–Kier alpha value is -1.86. The van der Waals surface area contributed by atoms with Crippen LogP contribution in [-0.4, -0.2) is 20.5 Å². The van der Waals surface area contributed by atoms with E-state index in [-0.39, 0.29) is 5.91 Å². The van der Waals surface area contributed by atoms with Gasteiger partial charge in [0.05, 0.1) is 15.9 Å². The summed E-state index contributed by atoms with van der Waals surface area (Å²) in [6.07, 6.45) is 0. The fourth-order valence-electron chi connectivity index (χ4n) is 2.02. The minimum absolute atomic E-state index is 0.203. The van der Waals surface area contributed by atoms with E-state index in [1.54, 1.807) is 6.92 Å². The smallest absolute Gasteiger partial charge is 0.271 e. The highest BCUT2D eigenvalue weighted by Crippen LogP contribution is 2.30. The molecule has 0 radical (unpaired) electrons. The maximum absolute atomic E-state index is 12.1. The molecule has 20 heavy (non-hydrogen) atoms. The normalized spacial score (nSPS) is 10.9. The highest BCUT2D eigenvalue weighted by Gasteiger charge is 2.15. The maximum atomic E-state index is 12.1. The number of nitrogens with one attached hydrogen (secondary N) is 1. The van der Waals surface area contributed by atoms with Crippen molar-refractivity contribution in [2.45, 2.75) is 20.8 Å². The number of carbonyl (C=O) groups excluding carboxylic acids is 1. The van der Waals surface area contributed by atoms with E-state index in [1.807, 2.05) is 13.0 Å². The van der Waals surface area contributed by atoms with Crippen molar-refractivity contribution in [2.24, 2.45) is 0 Å². The van der Waals surface area contributed by atoms with Crippen molar-refractivity contribution in [1.82, 2.24) is 14.6 Å². The lowest BCUT2D eigenvalue weighted by Gasteiger charge is -1.97. The molecule has 3 rings (SSSR count). The number of fused-ring (bicyclic) bond motifs is 1. The molecule has 0 unspecified atom stereocenters. The van der Waals surface area contributed by atoms with Gasteiger partial charge < -0.3 is 0 Å². The van der Waals surface area contributed by atoms with Gasteiger partial charge in [-0.1, -0.05) is 21.9 Å². The van der Waals surface area contributed by atoms with Crippen molar-refractivity contribution in [3.05, 3.63) is 33.8 Å². The van der Waals surface area contributed by atoms with Crippen molar-refractivity contribution < 1.29 is 4.79 Å². The number of aryl methyl sites for hydroxylation is 3. The summed E-state index contributed by atoms with van der Waals surface area (Å²) >= 11 is 2.58. The second-order valence-corrected chi connectivity index (χ2v) is 6.34. The summed E-state index contributed by atoms with van der Waals surface area (Å²) in [7, 11) is 0. The van der Waals surface area contributed by atoms with E-state index in [0.717, 1.165) is 21.7 Å². The monoisotopic (exact) mass is 304 g/mol. The minimum atomic E-state index is -0.203. The number of carbonyl (C=O) groups is 1. The summed E-state index contributed by atoms with van der Waals surface area (Å²) in [4.78, 5) is 17.1. The average molecular weight is 304 g/mol. The van der Waals surface area contributed by atoms with Crippen molar-refractivity contribution in [1.29, 1.82) is 0 Å². The van der Waals surface area contributed by atoms with Crippen LogP contribution in [0.3, 0.4) is 0 Å². The van der Waals surface area contributed by atoms with E-state index < -0.39 is 0 Å². The van der Waals surface area contributed by atoms with E-state index >= 15 is 0 Å². The standard InChI is InChI=1S/C13H12N4OS2/c1-6-4-7(2)10-9(5-6)14-13(19-10)15-12(18)11-8(3)16-17-20-11/h4-5H,1-3H3,(H,14,15,18). The number of anilines is 1. The Kier molecular flexibility index (Phi) is 3.23. The predicted molar refractivity (Wildman–Crippen MR) is 81.7 cm³/mol. The number of hydrogen-bond donors (Lipinski definition) is 1. The van der Waals surface area contributed by atoms with Crippen molar-refractivity contribution in [3.8, 4) is 0 Å². The molecule has 0 saturated carbocycles. The first kappa shape index (κ1) is 13.1. The van der Waals surface area contributed by atoms with Crippen LogP contribution in [0.25, 0.3) is 10.2 Å². The number of amides is 1. The van der Waals surface area contributed by atoms with Gasteiger partial charge in [0.1, 0.15) is 4.88 Å². The Labute approximate surface area is 123 Å². The van der Waals surface area contributed by atoms with E-state index in [1.165, 1.54) is 22.5 Å². The molecule has 0 atom stereocenters. The quantitative estimate of drug-likeness (QED) is 0.788. The van der Waals surface area contributed by atoms with Gasteiger partial charge in [-0.3, -0.25) is 10.1 Å². The molecule has 0 aliphatic carbocycles. The summed E-state index contributed by atoms with van der Waals surface area (Å²) in [6.45, 7) is 5.86. The molecule has 0 fully saturated rings. The minimum Gasteiger partial charge on any atom is -0.297 e. The fraction of sp³-hybridized carbons (Fsp3) is 0.231. The van der Waals surface area contributed by atoms with Crippen LogP contribution in [0, 0.1) is 20.8 Å². The summed E-state index contributed by atoms with van der Waals surface area (Å²) < 4.78 is 4.87. The summed E-state index contributed by atoms with van der Waals surface area (Å²) in [5, 5.41) is 7.26. The molecular formula is C13H12N4OS2. The molecule has 0 aliphatic heterocycles. The third-order valence-electron chi connectivity index (χ3n) is 2.90. The molecule has 102 valence electrons. The number of nitrogens with zero attached hydrogens (tertiary/aromatic N) is 3. The van der Waals surface area contributed by atoms with Gasteiger partial charge >= 0.3 is 0 Å². The van der Waals surface area contributed by atoms with Gasteiger partial charge in [0.15, 0.2) is 5.13 Å². The Bertz CT molecular complexity index is 806. The lowest BCUT2D eigenvalue weighted by atomic mass is 10.1. The lowest BCUT2D eigenvalue weighted by Crippen LogP contribution is -2.11. The Morgan fingerprint density at radius 3 is 2.75 bits per heavy atom. The topological polar surface area (TPSA) is 67.8 Å².